The number of ether oxygens (including phenoxy) is 1. The topological polar surface area (TPSA) is 12.5 Å². The van der Waals surface area contributed by atoms with Crippen LogP contribution in [0, 0.1) is 0 Å². The van der Waals surface area contributed by atoms with Crippen molar-refractivity contribution in [2.45, 2.75) is 51.1 Å². The van der Waals surface area contributed by atoms with Gasteiger partial charge in [-0.05, 0) is 50.7 Å². The van der Waals surface area contributed by atoms with E-state index in [0.717, 1.165) is 25.7 Å². The Balaban J connectivity index is 1.94. The number of rotatable bonds is 2. The van der Waals surface area contributed by atoms with E-state index in [9.17, 15) is 0 Å². The van der Waals surface area contributed by atoms with Crippen molar-refractivity contribution in [1.29, 1.82) is 0 Å². The van der Waals surface area contributed by atoms with Crippen molar-refractivity contribution >= 4 is 0 Å². The van der Waals surface area contributed by atoms with Gasteiger partial charge in [0.1, 0.15) is 0 Å². The summed E-state index contributed by atoms with van der Waals surface area (Å²) in [6.07, 6.45) is 2.72. The Morgan fingerprint density at radius 2 is 1.79 bits per heavy atom. The van der Waals surface area contributed by atoms with Gasteiger partial charge in [-0.2, -0.15) is 0 Å². The number of benzene rings is 1. The van der Waals surface area contributed by atoms with Crippen LogP contribution in [0.15, 0.2) is 24.3 Å². The predicted octanol–water partition coefficient (Wildman–Crippen LogP) is 3.74. The van der Waals surface area contributed by atoms with Crippen LogP contribution in [0.25, 0.3) is 0 Å². The van der Waals surface area contributed by atoms with Gasteiger partial charge in [-0.15, -0.1) is 0 Å². The Morgan fingerprint density at radius 1 is 1.11 bits per heavy atom. The Morgan fingerprint density at radius 3 is 2.42 bits per heavy atom. The zero-order chi connectivity index (χ0) is 13.5. The number of nitrogens with zero attached hydrogens (tertiary/aromatic N) is 1. The van der Waals surface area contributed by atoms with Crippen molar-refractivity contribution in [2.75, 3.05) is 19.8 Å². The predicted molar refractivity (Wildman–Crippen MR) is 78.4 cm³/mol. The number of hydrogen-bond acceptors (Lipinski definition) is 2. The summed E-state index contributed by atoms with van der Waals surface area (Å²) in [5.41, 5.74) is 3.26. The lowest BCUT2D eigenvalue weighted by Gasteiger charge is -2.45. The largest absolute Gasteiger partial charge is 0.378 e. The Bertz CT molecular complexity index is 445. The molecule has 1 atom stereocenters. The molecule has 1 aromatic rings. The van der Waals surface area contributed by atoms with Crippen LogP contribution in [-0.4, -0.2) is 30.2 Å². The molecule has 104 valence electrons. The quantitative estimate of drug-likeness (QED) is 0.802. The molecular weight excluding hydrogens is 234 g/mol. The van der Waals surface area contributed by atoms with E-state index < -0.39 is 0 Å². The van der Waals surface area contributed by atoms with Gasteiger partial charge in [0, 0.05) is 12.1 Å². The fraction of sp³-hybridized carbons (Fsp3) is 0.647. The molecule has 1 aromatic carbocycles. The molecule has 0 amide bonds. The van der Waals surface area contributed by atoms with Gasteiger partial charge in [-0.1, -0.05) is 24.3 Å². The molecule has 0 N–H and O–H groups in total. The monoisotopic (exact) mass is 259 g/mol. The smallest absolute Gasteiger partial charge is 0.0664 e. The van der Waals surface area contributed by atoms with E-state index in [-0.39, 0.29) is 5.54 Å². The van der Waals surface area contributed by atoms with Crippen molar-refractivity contribution in [2.24, 2.45) is 0 Å². The fourth-order valence-electron chi connectivity index (χ4n) is 3.24. The van der Waals surface area contributed by atoms with Gasteiger partial charge >= 0.3 is 0 Å². The first-order chi connectivity index (χ1) is 9.07. The summed E-state index contributed by atoms with van der Waals surface area (Å²) >= 11 is 0. The minimum absolute atomic E-state index is 0.200. The van der Waals surface area contributed by atoms with Gasteiger partial charge in [0.15, 0.2) is 0 Å². The van der Waals surface area contributed by atoms with Crippen molar-refractivity contribution in [3.05, 3.63) is 35.4 Å². The molecule has 1 saturated heterocycles. The highest BCUT2D eigenvalue weighted by atomic mass is 16.5. The molecule has 0 bridgehead atoms. The molecule has 2 aliphatic rings. The Hall–Kier alpha value is -0.860. The molecular formula is C17H25NO. The Kier molecular flexibility index (Phi) is 3.40. The van der Waals surface area contributed by atoms with E-state index in [4.69, 9.17) is 4.74 Å². The van der Waals surface area contributed by atoms with Crippen molar-refractivity contribution in [3.8, 4) is 0 Å². The summed E-state index contributed by atoms with van der Waals surface area (Å²) in [7, 11) is 0. The first kappa shape index (κ1) is 13.1. The minimum atomic E-state index is 0.200. The number of morpholine rings is 1. The molecule has 2 nitrogen and oxygen atoms in total. The minimum Gasteiger partial charge on any atom is -0.378 e. The highest BCUT2D eigenvalue weighted by molar-refractivity contribution is 5.36. The summed E-state index contributed by atoms with van der Waals surface area (Å²) in [6.45, 7) is 9.66. The lowest BCUT2D eigenvalue weighted by Crippen LogP contribution is -2.50. The maximum absolute atomic E-state index is 5.78. The first-order valence-electron chi connectivity index (χ1n) is 7.50. The van der Waals surface area contributed by atoms with E-state index in [1.165, 1.54) is 18.4 Å². The van der Waals surface area contributed by atoms with Crippen LogP contribution in [0.3, 0.4) is 0 Å². The summed E-state index contributed by atoms with van der Waals surface area (Å²) in [5, 5.41) is 0. The summed E-state index contributed by atoms with van der Waals surface area (Å²) in [4.78, 5) is 2.61. The van der Waals surface area contributed by atoms with Crippen LogP contribution in [-0.2, 0) is 4.74 Å². The lowest BCUT2D eigenvalue weighted by atomic mass is 9.92. The van der Waals surface area contributed by atoms with E-state index >= 15 is 0 Å². The van der Waals surface area contributed by atoms with Crippen LogP contribution in [0.2, 0.25) is 0 Å². The second kappa shape index (κ2) is 4.92. The van der Waals surface area contributed by atoms with Crippen LogP contribution < -0.4 is 0 Å². The van der Waals surface area contributed by atoms with Gasteiger partial charge in [-0.3, -0.25) is 4.90 Å². The highest BCUT2D eigenvalue weighted by Gasteiger charge is 2.36. The van der Waals surface area contributed by atoms with Crippen LogP contribution in [0.4, 0.5) is 0 Å². The average molecular weight is 259 g/mol. The van der Waals surface area contributed by atoms with Gasteiger partial charge in [0.05, 0.1) is 19.3 Å². The van der Waals surface area contributed by atoms with Gasteiger partial charge in [0.25, 0.3) is 0 Å². The number of hydrogen-bond donors (Lipinski definition) is 0. The summed E-state index contributed by atoms with van der Waals surface area (Å²) in [5.74, 6) is 0.806. The Labute approximate surface area is 116 Å². The third-order valence-electron chi connectivity index (χ3n) is 4.36. The second-order valence-corrected chi connectivity index (χ2v) is 6.86. The summed E-state index contributed by atoms with van der Waals surface area (Å²) in [6, 6.07) is 9.41. The molecule has 0 spiro atoms. The van der Waals surface area contributed by atoms with Crippen molar-refractivity contribution < 1.29 is 4.74 Å². The van der Waals surface area contributed by atoms with E-state index in [2.05, 4.69) is 49.9 Å². The molecule has 1 aliphatic carbocycles. The van der Waals surface area contributed by atoms with Gasteiger partial charge < -0.3 is 4.74 Å². The maximum Gasteiger partial charge on any atom is 0.0664 e. The zero-order valence-corrected chi connectivity index (χ0v) is 12.4. The molecule has 2 heteroatoms. The zero-order valence-electron chi connectivity index (χ0n) is 12.4. The standard InChI is InChI=1S/C17H25NO/c1-17(2,3)18-10-11-19-12-16(18)15-7-5-4-6-14(15)13-8-9-13/h4-7,13,16H,8-12H2,1-3H3. The van der Waals surface area contributed by atoms with E-state index in [1.54, 1.807) is 5.56 Å². The lowest BCUT2D eigenvalue weighted by molar-refractivity contribution is -0.0508. The second-order valence-electron chi connectivity index (χ2n) is 6.86. The highest BCUT2D eigenvalue weighted by Crippen LogP contribution is 2.44. The normalized spacial score (nSPS) is 25.5. The molecule has 0 radical (unpaired) electrons. The SMILES string of the molecule is CC(C)(C)N1CCOCC1c1ccccc1C1CC1. The average Bonchev–Trinajstić information content (AvgIpc) is 3.22. The van der Waals surface area contributed by atoms with Gasteiger partial charge in [0.2, 0.25) is 0 Å². The van der Waals surface area contributed by atoms with Crippen LogP contribution in [0.5, 0.6) is 0 Å². The molecule has 1 aliphatic heterocycles. The van der Waals surface area contributed by atoms with Crippen molar-refractivity contribution in [3.63, 3.8) is 0 Å². The van der Waals surface area contributed by atoms with Crippen molar-refractivity contribution in [1.82, 2.24) is 4.90 Å². The molecule has 19 heavy (non-hydrogen) atoms. The molecule has 1 unspecified atom stereocenters. The van der Waals surface area contributed by atoms with Gasteiger partial charge in [-0.25, -0.2) is 0 Å². The first-order valence-corrected chi connectivity index (χ1v) is 7.50. The third-order valence-corrected chi connectivity index (χ3v) is 4.36. The molecule has 0 aromatic heterocycles. The molecule has 1 heterocycles. The molecule has 2 fully saturated rings. The fourth-order valence-corrected chi connectivity index (χ4v) is 3.24. The van der Waals surface area contributed by atoms with E-state index in [1.807, 2.05) is 0 Å². The third kappa shape index (κ3) is 2.70. The van der Waals surface area contributed by atoms with Crippen LogP contribution in [0.1, 0.15) is 56.7 Å². The van der Waals surface area contributed by atoms with E-state index in [0.29, 0.717) is 6.04 Å². The molecule has 1 saturated carbocycles. The maximum atomic E-state index is 5.78. The van der Waals surface area contributed by atoms with Crippen LogP contribution >= 0.6 is 0 Å². The molecule has 3 rings (SSSR count). The summed E-state index contributed by atoms with van der Waals surface area (Å²) < 4.78 is 5.78.